The highest BCUT2D eigenvalue weighted by molar-refractivity contribution is 5.85. The van der Waals surface area contributed by atoms with Crippen LogP contribution in [0.3, 0.4) is 0 Å². The van der Waals surface area contributed by atoms with Crippen LogP contribution in [0.25, 0.3) is 0 Å². The molecule has 0 saturated carbocycles. The second kappa shape index (κ2) is 7.49. The highest BCUT2D eigenvalue weighted by Gasteiger charge is 2.07. The first-order valence-electron chi connectivity index (χ1n) is 5.20. The van der Waals surface area contributed by atoms with Crippen molar-refractivity contribution in [1.82, 2.24) is 0 Å². The third-order valence-corrected chi connectivity index (χ3v) is 2.52. The third-order valence-electron chi connectivity index (χ3n) is 2.52. The van der Waals surface area contributed by atoms with Crippen molar-refractivity contribution < 1.29 is 9.84 Å². The fraction of sp³-hybridized carbons (Fsp3) is 0.500. The van der Waals surface area contributed by atoms with Gasteiger partial charge in [-0.15, -0.1) is 12.4 Å². The van der Waals surface area contributed by atoms with E-state index < -0.39 is 0 Å². The Labute approximate surface area is 103 Å². The van der Waals surface area contributed by atoms with Gasteiger partial charge in [0.15, 0.2) is 0 Å². The van der Waals surface area contributed by atoms with Gasteiger partial charge in [0.25, 0.3) is 0 Å². The van der Waals surface area contributed by atoms with Crippen LogP contribution in [0, 0.1) is 6.92 Å². The van der Waals surface area contributed by atoms with Crippen LogP contribution in [0.1, 0.15) is 30.0 Å². The molecule has 4 heteroatoms. The number of ether oxygens (including phenoxy) is 1. The Morgan fingerprint density at radius 3 is 2.62 bits per heavy atom. The van der Waals surface area contributed by atoms with Crippen molar-refractivity contribution in [3.05, 3.63) is 29.3 Å². The number of aliphatic hydroxyl groups excluding tert-OH is 1. The van der Waals surface area contributed by atoms with Gasteiger partial charge in [-0.3, -0.25) is 0 Å². The molecule has 0 radical (unpaired) electrons. The molecule has 0 saturated heterocycles. The quantitative estimate of drug-likeness (QED) is 0.836. The lowest BCUT2D eigenvalue weighted by molar-refractivity contribution is 0.280. The van der Waals surface area contributed by atoms with E-state index >= 15 is 0 Å². The molecule has 0 unspecified atom stereocenters. The van der Waals surface area contributed by atoms with Crippen LogP contribution in [0.2, 0.25) is 0 Å². The Kier molecular flexibility index (Phi) is 7.13. The van der Waals surface area contributed by atoms with Gasteiger partial charge in [0, 0.05) is 12.6 Å². The Bertz CT molecular complexity index is 318. The van der Waals surface area contributed by atoms with E-state index in [0.29, 0.717) is 0 Å². The second-order valence-corrected chi connectivity index (χ2v) is 3.70. The monoisotopic (exact) mass is 245 g/mol. The number of hydrogen-bond donors (Lipinski definition) is 2. The molecule has 0 heterocycles. The number of benzene rings is 1. The van der Waals surface area contributed by atoms with Crippen molar-refractivity contribution in [2.75, 3.05) is 13.7 Å². The van der Waals surface area contributed by atoms with Crippen LogP contribution < -0.4 is 10.5 Å². The third kappa shape index (κ3) is 4.00. The first-order chi connectivity index (χ1) is 7.19. The highest BCUT2D eigenvalue weighted by Crippen LogP contribution is 2.23. The summed E-state index contributed by atoms with van der Waals surface area (Å²) in [6.07, 6.45) is 1.55. The van der Waals surface area contributed by atoms with Crippen LogP contribution >= 0.6 is 12.4 Å². The summed E-state index contributed by atoms with van der Waals surface area (Å²) in [6, 6.07) is 5.96. The SMILES string of the molecule is COc1ccc([C@@H](N)CCCO)cc1C.Cl. The maximum Gasteiger partial charge on any atom is 0.121 e. The molecule has 16 heavy (non-hydrogen) atoms. The molecule has 1 aromatic rings. The molecule has 0 bridgehead atoms. The maximum absolute atomic E-state index is 8.72. The van der Waals surface area contributed by atoms with E-state index in [1.807, 2.05) is 25.1 Å². The number of aliphatic hydroxyl groups is 1. The van der Waals surface area contributed by atoms with Crippen molar-refractivity contribution in [2.45, 2.75) is 25.8 Å². The molecule has 1 aromatic carbocycles. The molecule has 1 atom stereocenters. The van der Waals surface area contributed by atoms with Gasteiger partial charge < -0.3 is 15.6 Å². The summed E-state index contributed by atoms with van der Waals surface area (Å²) >= 11 is 0. The van der Waals surface area contributed by atoms with Gasteiger partial charge >= 0.3 is 0 Å². The van der Waals surface area contributed by atoms with Crippen LogP contribution in [0.5, 0.6) is 5.75 Å². The minimum atomic E-state index is 0. The summed E-state index contributed by atoms with van der Waals surface area (Å²) < 4.78 is 5.18. The first-order valence-corrected chi connectivity index (χ1v) is 5.20. The number of nitrogens with two attached hydrogens (primary N) is 1. The number of methoxy groups -OCH3 is 1. The van der Waals surface area contributed by atoms with Gasteiger partial charge in [-0.2, -0.15) is 0 Å². The van der Waals surface area contributed by atoms with E-state index in [1.165, 1.54) is 0 Å². The average molecular weight is 246 g/mol. The molecule has 0 aromatic heterocycles. The van der Waals surface area contributed by atoms with Crippen LogP contribution in [-0.4, -0.2) is 18.8 Å². The summed E-state index contributed by atoms with van der Waals surface area (Å²) in [4.78, 5) is 0. The minimum absolute atomic E-state index is 0. The van der Waals surface area contributed by atoms with Crippen LogP contribution in [-0.2, 0) is 0 Å². The summed E-state index contributed by atoms with van der Waals surface area (Å²) in [5.74, 6) is 0.883. The van der Waals surface area contributed by atoms with E-state index in [9.17, 15) is 0 Å². The summed E-state index contributed by atoms with van der Waals surface area (Å²) in [5.41, 5.74) is 8.18. The number of aryl methyl sites for hydroxylation is 1. The standard InChI is InChI=1S/C12H19NO2.ClH/c1-9-8-10(5-6-12(9)15-2)11(13)4-3-7-14;/h5-6,8,11,14H,3-4,7,13H2,1-2H3;1H/t11-;/m0./s1. The normalized spacial score (nSPS) is 11.8. The molecular formula is C12H20ClNO2. The van der Waals surface area contributed by atoms with Crippen molar-refractivity contribution in [3.8, 4) is 5.75 Å². The molecule has 92 valence electrons. The maximum atomic E-state index is 8.72. The Balaban J connectivity index is 0.00000225. The topological polar surface area (TPSA) is 55.5 Å². The van der Waals surface area contributed by atoms with Crippen LogP contribution in [0.4, 0.5) is 0 Å². The molecule has 3 nitrogen and oxygen atoms in total. The van der Waals surface area contributed by atoms with E-state index in [0.717, 1.165) is 29.7 Å². The van der Waals surface area contributed by atoms with Crippen molar-refractivity contribution in [1.29, 1.82) is 0 Å². The predicted octanol–water partition coefficient (Wildman–Crippen LogP) is 2.20. The Morgan fingerprint density at radius 2 is 2.12 bits per heavy atom. The zero-order chi connectivity index (χ0) is 11.3. The zero-order valence-electron chi connectivity index (χ0n) is 9.77. The van der Waals surface area contributed by atoms with Crippen LogP contribution in [0.15, 0.2) is 18.2 Å². The van der Waals surface area contributed by atoms with Crippen molar-refractivity contribution in [2.24, 2.45) is 5.73 Å². The fourth-order valence-corrected chi connectivity index (χ4v) is 1.61. The van der Waals surface area contributed by atoms with Gasteiger partial charge in [0.05, 0.1) is 7.11 Å². The van der Waals surface area contributed by atoms with E-state index in [-0.39, 0.29) is 25.1 Å². The molecule has 1 rings (SSSR count). The fourth-order valence-electron chi connectivity index (χ4n) is 1.61. The number of halogens is 1. The minimum Gasteiger partial charge on any atom is -0.496 e. The molecular weight excluding hydrogens is 226 g/mol. The van der Waals surface area contributed by atoms with Gasteiger partial charge in [0.2, 0.25) is 0 Å². The Morgan fingerprint density at radius 1 is 1.44 bits per heavy atom. The Hall–Kier alpha value is -0.770. The second-order valence-electron chi connectivity index (χ2n) is 3.70. The molecule has 0 amide bonds. The zero-order valence-corrected chi connectivity index (χ0v) is 10.6. The molecule has 0 aliphatic carbocycles. The number of rotatable bonds is 5. The molecule has 3 N–H and O–H groups in total. The predicted molar refractivity (Wildman–Crippen MR) is 68.2 cm³/mol. The lowest BCUT2D eigenvalue weighted by atomic mass is 10.0. The van der Waals surface area contributed by atoms with Gasteiger partial charge in [-0.1, -0.05) is 12.1 Å². The van der Waals surface area contributed by atoms with E-state index in [4.69, 9.17) is 15.6 Å². The van der Waals surface area contributed by atoms with Crippen molar-refractivity contribution >= 4 is 12.4 Å². The lowest BCUT2D eigenvalue weighted by Crippen LogP contribution is -2.11. The molecule has 0 aliphatic rings. The molecule has 0 fully saturated rings. The molecule has 0 aliphatic heterocycles. The van der Waals surface area contributed by atoms with Crippen molar-refractivity contribution in [3.63, 3.8) is 0 Å². The largest absolute Gasteiger partial charge is 0.496 e. The molecule has 0 spiro atoms. The highest BCUT2D eigenvalue weighted by atomic mass is 35.5. The number of hydrogen-bond acceptors (Lipinski definition) is 3. The lowest BCUT2D eigenvalue weighted by Gasteiger charge is -2.13. The van der Waals surface area contributed by atoms with E-state index in [1.54, 1.807) is 7.11 Å². The van der Waals surface area contributed by atoms with E-state index in [2.05, 4.69) is 0 Å². The van der Waals surface area contributed by atoms with Gasteiger partial charge in [-0.05, 0) is 37.0 Å². The first kappa shape index (κ1) is 15.2. The summed E-state index contributed by atoms with van der Waals surface area (Å²) in [7, 11) is 1.66. The van der Waals surface area contributed by atoms with Gasteiger partial charge in [-0.25, -0.2) is 0 Å². The van der Waals surface area contributed by atoms with Gasteiger partial charge in [0.1, 0.15) is 5.75 Å². The average Bonchev–Trinajstić information content (AvgIpc) is 2.25. The summed E-state index contributed by atoms with van der Waals surface area (Å²) in [6.45, 7) is 2.20. The smallest absolute Gasteiger partial charge is 0.121 e. The summed E-state index contributed by atoms with van der Waals surface area (Å²) in [5, 5.41) is 8.72.